The number of carbonyl (C=O) groups is 1. The van der Waals surface area contributed by atoms with Gasteiger partial charge in [-0.3, -0.25) is 9.78 Å². The molecule has 1 amide bonds. The van der Waals surface area contributed by atoms with Crippen molar-refractivity contribution in [1.29, 1.82) is 0 Å². The summed E-state index contributed by atoms with van der Waals surface area (Å²) in [5.74, 6) is 0.145. The highest BCUT2D eigenvalue weighted by molar-refractivity contribution is 5.96. The van der Waals surface area contributed by atoms with Gasteiger partial charge >= 0.3 is 0 Å². The Hall–Kier alpha value is -2.16. The number of pyridine rings is 1. The molecule has 1 fully saturated rings. The molecule has 3 rings (SSSR count). The number of carbonyl (C=O) groups excluding carboxylic acids is 1. The smallest absolute Gasteiger partial charge is 0.254 e. The van der Waals surface area contributed by atoms with Crippen LogP contribution in [0.2, 0.25) is 0 Å². The third-order valence-corrected chi connectivity index (χ3v) is 4.22. The molecule has 1 aromatic heterocycles. The molecule has 1 atom stereocenters. The topological polar surface area (TPSA) is 33.2 Å². The summed E-state index contributed by atoms with van der Waals surface area (Å²) < 4.78 is 0. The summed E-state index contributed by atoms with van der Waals surface area (Å²) >= 11 is 0. The fraction of sp³-hybridized carbons (Fsp3) is 0.333. The Labute approximate surface area is 125 Å². The van der Waals surface area contributed by atoms with E-state index in [1.165, 1.54) is 11.1 Å². The minimum atomic E-state index is 0.145. The van der Waals surface area contributed by atoms with Crippen molar-refractivity contribution in [3.05, 3.63) is 65.0 Å². The van der Waals surface area contributed by atoms with E-state index in [9.17, 15) is 4.79 Å². The molecule has 0 bridgehead atoms. The van der Waals surface area contributed by atoms with Crippen LogP contribution in [0, 0.1) is 13.8 Å². The Morgan fingerprint density at radius 2 is 1.95 bits per heavy atom. The van der Waals surface area contributed by atoms with E-state index >= 15 is 0 Å². The van der Waals surface area contributed by atoms with Crippen molar-refractivity contribution >= 4 is 5.91 Å². The highest BCUT2D eigenvalue weighted by Crippen LogP contribution is 2.33. The first-order valence-corrected chi connectivity index (χ1v) is 7.45. The Kier molecular flexibility index (Phi) is 3.74. The predicted octanol–water partition coefficient (Wildman–Crippen LogP) is 3.68. The molecule has 1 aliphatic heterocycles. The van der Waals surface area contributed by atoms with Crippen LogP contribution in [0.25, 0.3) is 0 Å². The molecule has 21 heavy (non-hydrogen) atoms. The number of rotatable bonds is 2. The van der Waals surface area contributed by atoms with Gasteiger partial charge < -0.3 is 4.90 Å². The second kappa shape index (κ2) is 5.68. The molecule has 3 heteroatoms. The van der Waals surface area contributed by atoms with E-state index in [-0.39, 0.29) is 11.9 Å². The van der Waals surface area contributed by atoms with Crippen LogP contribution >= 0.6 is 0 Å². The summed E-state index contributed by atoms with van der Waals surface area (Å²) in [7, 11) is 0. The lowest BCUT2D eigenvalue weighted by Gasteiger charge is -2.25. The molecule has 108 valence electrons. The van der Waals surface area contributed by atoms with Crippen molar-refractivity contribution in [3.8, 4) is 0 Å². The van der Waals surface area contributed by atoms with E-state index in [4.69, 9.17) is 0 Å². The molecule has 0 spiro atoms. The summed E-state index contributed by atoms with van der Waals surface area (Å²) in [4.78, 5) is 18.9. The Morgan fingerprint density at radius 3 is 2.67 bits per heavy atom. The van der Waals surface area contributed by atoms with Crippen LogP contribution in [-0.4, -0.2) is 22.3 Å². The van der Waals surface area contributed by atoms with E-state index in [1.54, 1.807) is 12.4 Å². The van der Waals surface area contributed by atoms with Gasteiger partial charge in [-0.15, -0.1) is 0 Å². The molecule has 2 aromatic rings. The predicted molar refractivity (Wildman–Crippen MR) is 83.2 cm³/mol. The lowest BCUT2D eigenvalue weighted by molar-refractivity contribution is 0.0735. The third kappa shape index (κ3) is 2.68. The average molecular weight is 280 g/mol. The first-order chi connectivity index (χ1) is 10.2. The summed E-state index contributed by atoms with van der Waals surface area (Å²) in [5, 5.41) is 0. The third-order valence-electron chi connectivity index (χ3n) is 4.22. The lowest BCUT2D eigenvalue weighted by Crippen LogP contribution is -2.31. The van der Waals surface area contributed by atoms with Crippen LogP contribution in [0.5, 0.6) is 0 Å². The van der Waals surface area contributed by atoms with Crippen molar-refractivity contribution in [2.24, 2.45) is 0 Å². The van der Waals surface area contributed by atoms with Crippen molar-refractivity contribution in [2.45, 2.75) is 32.7 Å². The number of aromatic nitrogens is 1. The molecule has 1 unspecified atom stereocenters. The van der Waals surface area contributed by atoms with Gasteiger partial charge in [0.25, 0.3) is 5.91 Å². The van der Waals surface area contributed by atoms with Crippen LogP contribution in [-0.2, 0) is 0 Å². The molecule has 1 aliphatic rings. The number of aryl methyl sites for hydroxylation is 2. The van der Waals surface area contributed by atoms with Gasteiger partial charge in [0, 0.05) is 24.5 Å². The zero-order chi connectivity index (χ0) is 14.8. The summed E-state index contributed by atoms with van der Waals surface area (Å²) in [6, 6.07) is 10.2. The first kappa shape index (κ1) is 13.8. The van der Waals surface area contributed by atoms with Gasteiger partial charge in [-0.05, 0) is 56.0 Å². The largest absolute Gasteiger partial charge is 0.332 e. The maximum atomic E-state index is 12.9. The molecule has 1 saturated heterocycles. The zero-order valence-corrected chi connectivity index (χ0v) is 12.5. The van der Waals surface area contributed by atoms with E-state index in [0.717, 1.165) is 30.5 Å². The summed E-state index contributed by atoms with van der Waals surface area (Å²) in [6.45, 7) is 4.90. The number of benzene rings is 1. The van der Waals surface area contributed by atoms with Gasteiger partial charge in [0.2, 0.25) is 0 Å². The second-order valence-corrected chi connectivity index (χ2v) is 5.76. The highest BCUT2D eigenvalue weighted by Gasteiger charge is 2.30. The minimum absolute atomic E-state index is 0.145. The quantitative estimate of drug-likeness (QED) is 0.841. The fourth-order valence-corrected chi connectivity index (χ4v) is 3.15. The van der Waals surface area contributed by atoms with Crippen molar-refractivity contribution < 1.29 is 4.79 Å². The highest BCUT2D eigenvalue weighted by atomic mass is 16.2. The van der Waals surface area contributed by atoms with E-state index in [2.05, 4.69) is 18.0 Å². The van der Waals surface area contributed by atoms with Crippen molar-refractivity contribution in [1.82, 2.24) is 9.88 Å². The van der Waals surface area contributed by atoms with E-state index in [0.29, 0.717) is 0 Å². The van der Waals surface area contributed by atoms with Crippen molar-refractivity contribution in [2.75, 3.05) is 6.54 Å². The molecular weight excluding hydrogens is 260 g/mol. The van der Waals surface area contributed by atoms with Gasteiger partial charge in [0.05, 0.1) is 6.04 Å². The zero-order valence-electron chi connectivity index (χ0n) is 12.5. The number of hydrogen-bond donors (Lipinski definition) is 0. The molecule has 2 heterocycles. The minimum Gasteiger partial charge on any atom is -0.332 e. The van der Waals surface area contributed by atoms with Crippen LogP contribution in [0.4, 0.5) is 0 Å². The maximum absolute atomic E-state index is 12.9. The Morgan fingerprint density at radius 1 is 1.19 bits per heavy atom. The van der Waals surface area contributed by atoms with Gasteiger partial charge in [-0.25, -0.2) is 0 Å². The van der Waals surface area contributed by atoms with Crippen LogP contribution in [0.1, 0.15) is 45.9 Å². The van der Waals surface area contributed by atoms with E-state index in [1.807, 2.05) is 36.1 Å². The monoisotopic (exact) mass is 280 g/mol. The standard InChI is InChI=1S/C18H20N2O/c1-13-5-6-16(14(2)12-13)18(21)20-11-3-4-17(20)15-7-9-19-10-8-15/h5-10,12,17H,3-4,11H2,1-2H3. The first-order valence-electron chi connectivity index (χ1n) is 7.45. The van der Waals surface area contributed by atoms with Gasteiger partial charge in [-0.1, -0.05) is 17.7 Å². The Balaban J connectivity index is 1.90. The van der Waals surface area contributed by atoms with Crippen LogP contribution < -0.4 is 0 Å². The van der Waals surface area contributed by atoms with Gasteiger partial charge in [0.15, 0.2) is 0 Å². The average Bonchev–Trinajstić information content (AvgIpc) is 2.97. The fourth-order valence-electron chi connectivity index (χ4n) is 3.15. The molecule has 0 N–H and O–H groups in total. The molecular formula is C18H20N2O. The van der Waals surface area contributed by atoms with Crippen LogP contribution in [0.15, 0.2) is 42.7 Å². The van der Waals surface area contributed by atoms with Gasteiger partial charge in [0.1, 0.15) is 0 Å². The Bertz CT molecular complexity index is 652. The SMILES string of the molecule is Cc1ccc(C(=O)N2CCCC2c2ccncc2)c(C)c1. The maximum Gasteiger partial charge on any atom is 0.254 e. The van der Waals surface area contributed by atoms with E-state index < -0.39 is 0 Å². The molecule has 3 nitrogen and oxygen atoms in total. The number of amides is 1. The molecule has 0 aliphatic carbocycles. The summed E-state index contributed by atoms with van der Waals surface area (Å²) in [6.07, 6.45) is 5.69. The second-order valence-electron chi connectivity index (χ2n) is 5.76. The normalized spacial score (nSPS) is 18.0. The molecule has 1 aromatic carbocycles. The number of likely N-dealkylation sites (tertiary alicyclic amines) is 1. The van der Waals surface area contributed by atoms with Gasteiger partial charge in [-0.2, -0.15) is 0 Å². The molecule has 0 radical (unpaired) electrons. The number of nitrogens with zero attached hydrogens (tertiary/aromatic N) is 2. The summed E-state index contributed by atoms with van der Waals surface area (Å²) in [5.41, 5.74) is 4.25. The number of hydrogen-bond acceptors (Lipinski definition) is 2. The molecule has 0 saturated carbocycles. The lowest BCUT2D eigenvalue weighted by atomic mass is 10.0. The van der Waals surface area contributed by atoms with Crippen LogP contribution in [0.3, 0.4) is 0 Å². The van der Waals surface area contributed by atoms with Crippen molar-refractivity contribution in [3.63, 3.8) is 0 Å².